The molecule has 1 fully saturated rings. The molecule has 1 aromatic carbocycles. The SMILES string of the molecule is CCCNC(=O)C1CCN(C(C)C(=O)Nc2ccc(Cl)cc2Cl)CC1. The summed E-state index contributed by atoms with van der Waals surface area (Å²) < 4.78 is 0. The molecule has 7 heteroatoms. The lowest BCUT2D eigenvalue weighted by Gasteiger charge is -2.34. The average Bonchev–Trinajstić information content (AvgIpc) is 2.61. The monoisotopic (exact) mass is 385 g/mol. The Hall–Kier alpha value is -1.30. The van der Waals surface area contributed by atoms with Crippen molar-refractivity contribution in [3.8, 4) is 0 Å². The number of nitrogens with zero attached hydrogens (tertiary/aromatic N) is 1. The first-order valence-corrected chi connectivity index (χ1v) is 9.45. The van der Waals surface area contributed by atoms with Crippen molar-refractivity contribution in [1.29, 1.82) is 0 Å². The van der Waals surface area contributed by atoms with Gasteiger partial charge >= 0.3 is 0 Å². The Bertz CT molecular complexity index is 616. The first-order chi connectivity index (χ1) is 11.9. The highest BCUT2D eigenvalue weighted by Crippen LogP contribution is 2.26. The fourth-order valence-electron chi connectivity index (χ4n) is 2.94. The molecular formula is C18H25Cl2N3O2. The third-order valence-corrected chi connectivity index (χ3v) is 5.11. The quantitative estimate of drug-likeness (QED) is 0.786. The van der Waals surface area contributed by atoms with Crippen molar-refractivity contribution in [2.24, 2.45) is 5.92 Å². The van der Waals surface area contributed by atoms with Gasteiger partial charge in [0.2, 0.25) is 11.8 Å². The lowest BCUT2D eigenvalue weighted by Crippen LogP contribution is -2.48. The molecule has 0 aliphatic carbocycles. The molecule has 0 aromatic heterocycles. The second-order valence-corrected chi connectivity index (χ2v) is 7.23. The van der Waals surface area contributed by atoms with Crippen molar-refractivity contribution in [1.82, 2.24) is 10.2 Å². The van der Waals surface area contributed by atoms with E-state index in [2.05, 4.69) is 15.5 Å². The number of carbonyl (C=O) groups is 2. The minimum atomic E-state index is -0.286. The maximum Gasteiger partial charge on any atom is 0.241 e. The molecule has 1 unspecified atom stereocenters. The molecule has 2 amide bonds. The lowest BCUT2D eigenvalue weighted by atomic mass is 9.95. The number of anilines is 1. The van der Waals surface area contributed by atoms with Gasteiger partial charge in [-0.25, -0.2) is 0 Å². The van der Waals surface area contributed by atoms with Gasteiger partial charge in [-0.15, -0.1) is 0 Å². The number of likely N-dealkylation sites (tertiary alicyclic amines) is 1. The first-order valence-electron chi connectivity index (χ1n) is 8.70. The summed E-state index contributed by atoms with van der Waals surface area (Å²) in [7, 11) is 0. The van der Waals surface area contributed by atoms with E-state index in [9.17, 15) is 9.59 Å². The number of amides is 2. The van der Waals surface area contributed by atoms with Crippen molar-refractivity contribution < 1.29 is 9.59 Å². The van der Waals surface area contributed by atoms with Crippen LogP contribution in [0.1, 0.15) is 33.1 Å². The Labute approximate surface area is 159 Å². The summed E-state index contributed by atoms with van der Waals surface area (Å²) >= 11 is 12.0. The number of hydrogen-bond acceptors (Lipinski definition) is 3. The summed E-state index contributed by atoms with van der Waals surface area (Å²) in [6.07, 6.45) is 2.48. The molecule has 1 aliphatic heterocycles. The Kier molecular flexibility index (Phi) is 7.54. The van der Waals surface area contributed by atoms with Crippen LogP contribution in [0.3, 0.4) is 0 Å². The Morgan fingerprint density at radius 2 is 1.96 bits per heavy atom. The molecule has 0 saturated carbocycles. The molecule has 1 saturated heterocycles. The number of rotatable bonds is 6. The van der Waals surface area contributed by atoms with Crippen molar-refractivity contribution in [3.05, 3.63) is 28.2 Å². The zero-order valence-corrected chi connectivity index (χ0v) is 16.2. The van der Waals surface area contributed by atoms with E-state index in [1.165, 1.54) is 0 Å². The normalized spacial score (nSPS) is 17.1. The molecule has 1 atom stereocenters. The number of nitrogens with one attached hydrogen (secondary N) is 2. The van der Waals surface area contributed by atoms with Crippen molar-refractivity contribution in [2.75, 3.05) is 25.0 Å². The topological polar surface area (TPSA) is 61.4 Å². The summed E-state index contributed by atoms with van der Waals surface area (Å²) in [5.74, 6) is 0.0634. The van der Waals surface area contributed by atoms with E-state index in [1.54, 1.807) is 18.2 Å². The highest BCUT2D eigenvalue weighted by molar-refractivity contribution is 6.36. The molecule has 0 radical (unpaired) electrons. The van der Waals surface area contributed by atoms with Crippen molar-refractivity contribution in [3.63, 3.8) is 0 Å². The van der Waals surface area contributed by atoms with E-state index in [0.717, 1.165) is 38.9 Å². The van der Waals surface area contributed by atoms with E-state index in [0.29, 0.717) is 15.7 Å². The van der Waals surface area contributed by atoms with Gasteiger partial charge in [-0.05, 0) is 57.5 Å². The molecular weight excluding hydrogens is 361 g/mol. The molecule has 5 nitrogen and oxygen atoms in total. The smallest absolute Gasteiger partial charge is 0.241 e. The van der Waals surface area contributed by atoms with Gasteiger partial charge in [0.1, 0.15) is 0 Å². The fourth-order valence-corrected chi connectivity index (χ4v) is 3.39. The minimum absolute atomic E-state index is 0.0452. The number of hydrogen-bond donors (Lipinski definition) is 2. The molecule has 25 heavy (non-hydrogen) atoms. The number of halogens is 2. The van der Waals surface area contributed by atoms with Crippen molar-refractivity contribution in [2.45, 2.75) is 39.2 Å². The summed E-state index contributed by atoms with van der Waals surface area (Å²) in [5.41, 5.74) is 0.553. The van der Waals surface area contributed by atoms with E-state index >= 15 is 0 Å². The van der Waals surface area contributed by atoms with Crippen LogP contribution < -0.4 is 10.6 Å². The third-order valence-electron chi connectivity index (χ3n) is 4.57. The molecule has 0 spiro atoms. The Morgan fingerprint density at radius 3 is 2.56 bits per heavy atom. The van der Waals surface area contributed by atoms with Crippen LogP contribution in [0.4, 0.5) is 5.69 Å². The minimum Gasteiger partial charge on any atom is -0.356 e. The van der Waals surface area contributed by atoms with Crippen LogP contribution in [0, 0.1) is 5.92 Å². The second-order valence-electron chi connectivity index (χ2n) is 6.39. The maximum atomic E-state index is 12.5. The van der Waals surface area contributed by atoms with Crippen LogP contribution in [0.15, 0.2) is 18.2 Å². The largest absolute Gasteiger partial charge is 0.356 e. The van der Waals surface area contributed by atoms with Gasteiger partial charge < -0.3 is 10.6 Å². The zero-order valence-electron chi connectivity index (χ0n) is 14.6. The van der Waals surface area contributed by atoms with Crippen LogP contribution in [0.25, 0.3) is 0 Å². The molecule has 2 rings (SSSR count). The van der Waals surface area contributed by atoms with Gasteiger partial charge in [0.05, 0.1) is 16.8 Å². The first kappa shape index (κ1) is 20.0. The van der Waals surface area contributed by atoms with E-state index in [-0.39, 0.29) is 23.8 Å². The number of benzene rings is 1. The summed E-state index contributed by atoms with van der Waals surface area (Å²) in [6, 6.07) is 4.70. The highest BCUT2D eigenvalue weighted by atomic mass is 35.5. The predicted octanol–water partition coefficient (Wildman–Crippen LogP) is 3.56. The highest BCUT2D eigenvalue weighted by Gasteiger charge is 2.29. The molecule has 138 valence electrons. The van der Waals surface area contributed by atoms with E-state index < -0.39 is 0 Å². The van der Waals surface area contributed by atoms with E-state index in [4.69, 9.17) is 23.2 Å². The zero-order chi connectivity index (χ0) is 18.4. The summed E-state index contributed by atoms with van der Waals surface area (Å²) in [5, 5.41) is 6.74. The Morgan fingerprint density at radius 1 is 1.28 bits per heavy atom. The average molecular weight is 386 g/mol. The summed E-state index contributed by atoms with van der Waals surface area (Å²) in [4.78, 5) is 26.6. The van der Waals surface area contributed by atoms with Gasteiger partial charge in [0.25, 0.3) is 0 Å². The van der Waals surface area contributed by atoms with E-state index in [1.807, 2.05) is 13.8 Å². The third kappa shape index (κ3) is 5.59. The maximum absolute atomic E-state index is 12.5. The second kappa shape index (κ2) is 9.41. The van der Waals surface area contributed by atoms with Crippen LogP contribution in [-0.2, 0) is 9.59 Å². The van der Waals surface area contributed by atoms with Gasteiger partial charge in [-0.3, -0.25) is 14.5 Å². The Balaban J connectivity index is 1.86. The van der Waals surface area contributed by atoms with Crippen LogP contribution in [0.5, 0.6) is 0 Å². The standard InChI is InChI=1S/C18H25Cl2N3O2/c1-3-8-21-18(25)13-6-9-23(10-7-13)12(2)17(24)22-16-5-4-14(19)11-15(16)20/h4-5,11-13H,3,6-10H2,1-2H3,(H,21,25)(H,22,24). The van der Waals surface area contributed by atoms with Gasteiger partial charge in [0.15, 0.2) is 0 Å². The molecule has 1 heterocycles. The molecule has 0 bridgehead atoms. The van der Waals surface area contributed by atoms with Crippen LogP contribution >= 0.6 is 23.2 Å². The lowest BCUT2D eigenvalue weighted by molar-refractivity contribution is -0.127. The van der Waals surface area contributed by atoms with Crippen LogP contribution in [0.2, 0.25) is 10.0 Å². The van der Waals surface area contributed by atoms with Crippen molar-refractivity contribution >= 4 is 40.7 Å². The summed E-state index contributed by atoms with van der Waals surface area (Å²) in [6.45, 7) is 6.09. The van der Waals surface area contributed by atoms with Gasteiger partial charge in [-0.2, -0.15) is 0 Å². The fraction of sp³-hybridized carbons (Fsp3) is 0.556. The number of carbonyl (C=O) groups excluding carboxylic acids is 2. The van der Waals surface area contributed by atoms with Gasteiger partial charge in [0, 0.05) is 17.5 Å². The van der Waals surface area contributed by atoms with Crippen LogP contribution in [-0.4, -0.2) is 42.4 Å². The number of piperidine rings is 1. The van der Waals surface area contributed by atoms with Gasteiger partial charge in [-0.1, -0.05) is 30.1 Å². The molecule has 1 aliphatic rings. The molecule has 1 aromatic rings. The molecule has 2 N–H and O–H groups in total. The predicted molar refractivity (Wildman–Crippen MR) is 102 cm³/mol.